The molecule has 0 aromatic rings. The maximum Gasteiger partial charge on any atom is 0.182 e. The van der Waals surface area contributed by atoms with Crippen LogP contribution in [0.2, 0.25) is 0 Å². The van der Waals surface area contributed by atoms with Gasteiger partial charge in [-0.25, -0.2) is 0 Å². The molecule has 0 saturated carbocycles. The molecule has 1 aliphatic rings. The highest BCUT2D eigenvalue weighted by Crippen LogP contribution is 2.28. The molecule has 0 radical (unpaired) electrons. The van der Waals surface area contributed by atoms with Gasteiger partial charge in [0.2, 0.25) is 0 Å². The lowest BCUT2D eigenvalue weighted by molar-refractivity contribution is -0.127. The molecule has 0 atom stereocenters. The first-order valence-electron chi connectivity index (χ1n) is 6.11. The molecule has 1 rings (SSSR count). The van der Waals surface area contributed by atoms with Crippen molar-refractivity contribution in [1.29, 1.82) is 0 Å². The van der Waals surface area contributed by atoms with E-state index in [4.69, 9.17) is 4.74 Å². The number of ether oxygens (including phenoxy) is 1. The molecule has 0 spiro atoms. The highest BCUT2D eigenvalue weighted by molar-refractivity contribution is 6.02. The molecule has 1 aliphatic heterocycles. The number of carbonyl (C=O) groups excluding carboxylic acids is 1. The minimum absolute atomic E-state index is 0.238. The van der Waals surface area contributed by atoms with E-state index in [-0.39, 0.29) is 11.3 Å². The van der Waals surface area contributed by atoms with Crippen LogP contribution in [0.5, 0.6) is 0 Å². The second-order valence-corrected chi connectivity index (χ2v) is 4.58. The molecule has 92 valence electrons. The van der Waals surface area contributed by atoms with Crippen LogP contribution in [0, 0.1) is 0 Å². The highest BCUT2D eigenvalue weighted by Gasteiger charge is 2.38. The Balaban J connectivity index is 2.94. The summed E-state index contributed by atoms with van der Waals surface area (Å²) in [5, 5.41) is 0. The Morgan fingerprint density at radius 1 is 1.44 bits per heavy atom. The van der Waals surface area contributed by atoms with Crippen molar-refractivity contribution in [3.05, 3.63) is 11.8 Å². The van der Waals surface area contributed by atoms with E-state index in [1.54, 1.807) is 6.26 Å². The van der Waals surface area contributed by atoms with Crippen molar-refractivity contribution in [2.45, 2.75) is 45.1 Å². The van der Waals surface area contributed by atoms with Gasteiger partial charge in [0.05, 0.1) is 18.4 Å². The first-order valence-corrected chi connectivity index (χ1v) is 6.11. The summed E-state index contributed by atoms with van der Waals surface area (Å²) in [6.07, 6.45) is 5.15. The number of likely N-dealkylation sites (N-methyl/N-ethyl adjacent to an activating group) is 1. The molecular formula is C13H23NO2. The average molecular weight is 225 g/mol. The van der Waals surface area contributed by atoms with Gasteiger partial charge in [0.1, 0.15) is 0 Å². The van der Waals surface area contributed by atoms with Crippen LogP contribution < -0.4 is 0 Å². The topological polar surface area (TPSA) is 29.5 Å². The van der Waals surface area contributed by atoms with E-state index in [1.165, 1.54) is 0 Å². The van der Waals surface area contributed by atoms with Gasteiger partial charge in [0.25, 0.3) is 0 Å². The normalized spacial score (nSPS) is 16.9. The van der Waals surface area contributed by atoms with Gasteiger partial charge in [0, 0.05) is 5.57 Å². The fourth-order valence-electron chi connectivity index (χ4n) is 2.44. The fraction of sp³-hybridized carbons (Fsp3) is 0.769. The van der Waals surface area contributed by atoms with Gasteiger partial charge in [-0.05, 0) is 39.8 Å². The van der Waals surface area contributed by atoms with Crippen LogP contribution >= 0.6 is 0 Å². The Kier molecular flexibility index (Phi) is 4.54. The maximum absolute atomic E-state index is 12.5. The monoisotopic (exact) mass is 225 g/mol. The van der Waals surface area contributed by atoms with E-state index in [9.17, 15) is 4.79 Å². The number of Topliss-reactive ketones (excluding diaryl/α,β-unsaturated/α-hetero) is 1. The first kappa shape index (κ1) is 13.2. The van der Waals surface area contributed by atoms with Gasteiger partial charge in [-0.2, -0.15) is 0 Å². The summed E-state index contributed by atoms with van der Waals surface area (Å²) < 4.78 is 5.27. The number of nitrogens with zero attached hydrogens (tertiary/aromatic N) is 1. The third kappa shape index (κ3) is 2.29. The Hall–Kier alpha value is -0.830. The third-order valence-corrected chi connectivity index (χ3v) is 3.67. The molecule has 1 heterocycles. The van der Waals surface area contributed by atoms with Crippen LogP contribution in [0.15, 0.2) is 11.8 Å². The molecule has 3 heteroatoms. The molecule has 0 amide bonds. The molecule has 0 saturated heterocycles. The second kappa shape index (κ2) is 5.48. The van der Waals surface area contributed by atoms with Crippen molar-refractivity contribution in [2.75, 3.05) is 20.7 Å². The molecule has 0 bridgehead atoms. The summed E-state index contributed by atoms with van der Waals surface area (Å²) in [5.74, 6) is 0.238. The zero-order valence-electron chi connectivity index (χ0n) is 10.9. The van der Waals surface area contributed by atoms with Gasteiger partial charge in [-0.15, -0.1) is 0 Å². The Morgan fingerprint density at radius 3 is 2.44 bits per heavy atom. The minimum atomic E-state index is -0.355. The van der Waals surface area contributed by atoms with Crippen LogP contribution in [-0.4, -0.2) is 36.9 Å². The SMILES string of the molecule is CCC(CC)(C(=O)C1=COCCC1)N(C)C. The Morgan fingerprint density at radius 2 is 2.06 bits per heavy atom. The highest BCUT2D eigenvalue weighted by atomic mass is 16.5. The Bertz CT molecular complexity index is 278. The van der Waals surface area contributed by atoms with Crippen molar-refractivity contribution >= 4 is 5.78 Å². The maximum atomic E-state index is 12.5. The van der Waals surface area contributed by atoms with Crippen LogP contribution in [0.4, 0.5) is 0 Å². The number of hydrogen-bond donors (Lipinski definition) is 0. The average Bonchev–Trinajstić information content (AvgIpc) is 2.32. The Labute approximate surface area is 98.5 Å². The summed E-state index contributed by atoms with van der Waals surface area (Å²) in [6, 6.07) is 0. The lowest BCUT2D eigenvalue weighted by atomic mass is 9.82. The number of ketones is 1. The standard InChI is InChI=1S/C13H23NO2/c1-5-13(6-2,14(3)4)12(15)11-8-7-9-16-10-11/h10H,5-9H2,1-4H3. The van der Waals surface area contributed by atoms with E-state index in [0.29, 0.717) is 0 Å². The molecule has 0 fully saturated rings. The van der Waals surface area contributed by atoms with E-state index < -0.39 is 0 Å². The van der Waals surface area contributed by atoms with Gasteiger partial charge >= 0.3 is 0 Å². The predicted octanol–water partition coefficient (Wildman–Crippen LogP) is 2.37. The van der Waals surface area contributed by atoms with Crippen LogP contribution in [-0.2, 0) is 9.53 Å². The molecule has 0 N–H and O–H groups in total. The van der Waals surface area contributed by atoms with E-state index in [2.05, 4.69) is 13.8 Å². The second-order valence-electron chi connectivity index (χ2n) is 4.58. The van der Waals surface area contributed by atoms with Crippen molar-refractivity contribution in [1.82, 2.24) is 4.90 Å². The quantitative estimate of drug-likeness (QED) is 0.719. The molecule has 3 nitrogen and oxygen atoms in total. The van der Waals surface area contributed by atoms with Crippen molar-refractivity contribution in [3.63, 3.8) is 0 Å². The number of carbonyl (C=O) groups is 1. The smallest absolute Gasteiger partial charge is 0.182 e. The molecule has 0 aromatic heterocycles. The zero-order valence-corrected chi connectivity index (χ0v) is 10.9. The van der Waals surface area contributed by atoms with E-state index >= 15 is 0 Å². The summed E-state index contributed by atoms with van der Waals surface area (Å²) in [6.45, 7) is 4.89. The molecule has 0 aromatic carbocycles. The fourth-order valence-corrected chi connectivity index (χ4v) is 2.44. The largest absolute Gasteiger partial charge is 0.501 e. The summed E-state index contributed by atoms with van der Waals surface area (Å²) in [7, 11) is 3.96. The molecular weight excluding hydrogens is 202 g/mol. The lowest BCUT2D eigenvalue weighted by Gasteiger charge is -2.38. The van der Waals surface area contributed by atoms with Gasteiger partial charge in [-0.3, -0.25) is 9.69 Å². The third-order valence-electron chi connectivity index (χ3n) is 3.67. The van der Waals surface area contributed by atoms with Crippen LogP contribution in [0.1, 0.15) is 39.5 Å². The summed E-state index contributed by atoms with van der Waals surface area (Å²) in [4.78, 5) is 14.6. The van der Waals surface area contributed by atoms with Crippen LogP contribution in [0.25, 0.3) is 0 Å². The van der Waals surface area contributed by atoms with Gasteiger partial charge in [0.15, 0.2) is 5.78 Å². The van der Waals surface area contributed by atoms with Crippen molar-refractivity contribution < 1.29 is 9.53 Å². The predicted molar refractivity (Wildman–Crippen MR) is 65.3 cm³/mol. The van der Waals surface area contributed by atoms with Crippen LogP contribution in [0.3, 0.4) is 0 Å². The molecule has 16 heavy (non-hydrogen) atoms. The van der Waals surface area contributed by atoms with Gasteiger partial charge < -0.3 is 4.74 Å². The summed E-state index contributed by atoms with van der Waals surface area (Å²) >= 11 is 0. The number of rotatable bonds is 5. The first-order chi connectivity index (χ1) is 7.58. The zero-order chi connectivity index (χ0) is 12.2. The summed E-state index contributed by atoms with van der Waals surface area (Å²) in [5.41, 5.74) is 0.496. The van der Waals surface area contributed by atoms with Crippen molar-refractivity contribution in [3.8, 4) is 0 Å². The van der Waals surface area contributed by atoms with Gasteiger partial charge in [-0.1, -0.05) is 13.8 Å². The molecule has 0 unspecified atom stereocenters. The van der Waals surface area contributed by atoms with E-state index in [0.717, 1.165) is 37.9 Å². The molecule has 0 aliphatic carbocycles. The van der Waals surface area contributed by atoms with Crippen molar-refractivity contribution in [2.24, 2.45) is 0 Å². The van der Waals surface area contributed by atoms with E-state index in [1.807, 2.05) is 19.0 Å². The lowest BCUT2D eigenvalue weighted by Crippen LogP contribution is -2.51. The minimum Gasteiger partial charge on any atom is -0.501 e. The number of hydrogen-bond acceptors (Lipinski definition) is 3.